The number of carbonyl (C=O) groups is 1. The predicted molar refractivity (Wildman–Crippen MR) is 53.5 cm³/mol. The molecule has 2 N–H and O–H groups in total. The van der Waals surface area contributed by atoms with Crippen LogP contribution in [0.15, 0.2) is 12.3 Å². The smallest absolute Gasteiger partial charge is 0.234 e. The first-order valence-corrected chi connectivity index (χ1v) is 4.55. The summed E-state index contributed by atoms with van der Waals surface area (Å²) in [5.74, 6) is -0.188. The van der Waals surface area contributed by atoms with E-state index in [1.807, 2.05) is 25.4 Å². The highest BCUT2D eigenvalue weighted by molar-refractivity contribution is 5.78. The molecule has 1 rings (SSSR count). The molecule has 0 atom stereocenters. The molecule has 0 spiro atoms. The molecule has 0 aliphatic heterocycles. The first-order chi connectivity index (χ1) is 7.22. The molecule has 1 amide bonds. The summed E-state index contributed by atoms with van der Waals surface area (Å²) >= 11 is 0. The number of hydrogen-bond donors (Lipinski definition) is 2. The standard InChI is InChI=1S/C9H13N5O/c1-14-5-2-8(13-14)6-11-7-9(15)12-4-3-10/h2,5,11H,4,6-7H2,1H3,(H,12,15). The van der Waals surface area contributed by atoms with Crippen molar-refractivity contribution in [1.29, 1.82) is 5.26 Å². The second-order valence-electron chi connectivity index (χ2n) is 3.02. The maximum Gasteiger partial charge on any atom is 0.234 e. The van der Waals surface area contributed by atoms with Crippen molar-refractivity contribution in [2.45, 2.75) is 6.54 Å². The molecule has 0 bridgehead atoms. The molecule has 15 heavy (non-hydrogen) atoms. The lowest BCUT2D eigenvalue weighted by Gasteiger charge is -2.01. The van der Waals surface area contributed by atoms with Gasteiger partial charge in [0.15, 0.2) is 0 Å². The van der Waals surface area contributed by atoms with Crippen molar-refractivity contribution < 1.29 is 4.79 Å². The van der Waals surface area contributed by atoms with Gasteiger partial charge in [-0.25, -0.2) is 0 Å². The third-order valence-corrected chi connectivity index (χ3v) is 1.73. The number of rotatable bonds is 5. The molecule has 80 valence electrons. The minimum absolute atomic E-state index is 0.0457. The first-order valence-electron chi connectivity index (χ1n) is 4.55. The molecule has 0 aromatic carbocycles. The zero-order valence-corrected chi connectivity index (χ0v) is 8.53. The minimum Gasteiger partial charge on any atom is -0.342 e. The van der Waals surface area contributed by atoms with Gasteiger partial charge in [0.1, 0.15) is 6.54 Å². The molecular weight excluding hydrogens is 194 g/mol. The molecule has 1 heterocycles. The van der Waals surface area contributed by atoms with Crippen LogP contribution in [-0.2, 0) is 18.4 Å². The highest BCUT2D eigenvalue weighted by atomic mass is 16.1. The van der Waals surface area contributed by atoms with Gasteiger partial charge in [0.25, 0.3) is 0 Å². The third kappa shape index (κ3) is 4.24. The van der Waals surface area contributed by atoms with Gasteiger partial charge in [0.05, 0.1) is 18.3 Å². The van der Waals surface area contributed by atoms with Crippen LogP contribution in [0.25, 0.3) is 0 Å². The van der Waals surface area contributed by atoms with E-state index in [1.165, 1.54) is 0 Å². The Bertz CT molecular complexity index is 365. The van der Waals surface area contributed by atoms with Gasteiger partial charge in [-0.15, -0.1) is 0 Å². The number of nitriles is 1. The number of aryl methyl sites for hydroxylation is 1. The number of carbonyl (C=O) groups excluding carboxylic acids is 1. The van der Waals surface area contributed by atoms with Crippen molar-refractivity contribution in [3.05, 3.63) is 18.0 Å². The Morgan fingerprint density at radius 3 is 3.13 bits per heavy atom. The topological polar surface area (TPSA) is 82.7 Å². The molecule has 1 aromatic rings. The molecule has 0 aliphatic rings. The van der Waals surface area contributed by atoms with Crippen LogP contribution < -0.4 is 10.6 Å². The Morgan fingerprint density at radius 2 is 2.53 bits per heavy atom. The summed E-state index contributed by atoms with van der Waals surface area (Å²) in [5, 5.41) is 17.7. The van der Waals surface area contributed by atoms with Gasteiger partial charge < -0.3 is 10.6 Å². The molecule has 0 unspecified atom stereocenters. The monoisotopic (exact) mass is 207 g/mol. The van der Waals surface area contributed by atoms with Crippen LogP contribution in [0.1, 0.15) is 5.69 Å². The van der Waals surface area contributed by atoms with Crippen molar-refractivity contribution in [3.63, 3.8) is 0 Å². The maximum absolute atomic E-state index is 11.0. The van der Waals surface area contributed by atoms with Gasteiger partial charge in [-0.1, -0.05) is 0 Å². The zero-order valence-electron chi connectivity index (χ0n) is 8.53. The van der Waals surface area contributed by atoms with E-state index in [2.05, 4.69) is 15.7 Å². The predicted octanol–water partition coefficient (Wildman–Crippen LogP) is -0.851. The lowest BCUT2D eigenvalue weighted by Crippen LogP contribution is -2.33. The largest absolute Gasteiger partial charge is 0.342 e. The molecule has 0 saturated carbocycles. The van der Waals surface area contributed by atoms with Crippen molar-refractivity contribution in [1.82, 2.24) is 20.4 Å². The number of aromatic nitrogens is 2. The fourth-order valence-corrected chi connectivity index (χ4v) is 1.06. The fourth-order valence-electron chi connectivity index (χ4n) is 1.06. The molecule has 0 radical (unpaired) electrons. The van der Waals surface area contributed by atoms with Crippen molar-refractivity contribution in [3.8, 4) is 6.07 Å². The summed E-state index contributed by atoms with van der Waals surface area (Å²) in [7, 11) is 1.84. The van der Waals surface area contributed by atoms with Crippen LogP contribution in [0.5, 0.6) is 0 Å². The van der Waals surface area contributed by atoms with Crippen LogP contribution in [0.3, 0.4) is 0 Å². The van der Waals surface area contributed by atoms with Crippen molar-refractivity contribution in [2.24, 2.45) is 7.05 Å². The molecule has 0 aliphatic carbocycles. The Balaban J connectivity index is 2.16. The summed E-state index contributed by atoms with van der Waals surface area (Å²) in [6, 6.07) is 3.71. The van der Waals surface area contributed by atoms with Gasteiger partial charge in [-0.2, -0.15) is 10.4 Å². The van der Waals surface area contributed by atoms with E-state index in [1.54, 1.807) is 4.68 Å². The summed E-state index contributed by atoms with van der Waals surface area (Å²) < 4.78 is 1.70. The third-order valence-electron chi connectivity index (χ3n) is 1.73. The number of nitrogens with zero attached hydrogens (tertiary/aromatic N) is 3. The molecule has 0 saturated heterocycles. The molecular formula is C9H13N5O. The van der Waals surface area contributed by atoms with Crippen molar-refractivity contribution >= 4 is 5.91 Å². The van der Waals surface area contributed by atoms with Gasteiger partial charge in [-0.05, 0) is 6.07 Å². The average Bonchev–Trinajstić information content (AvgIpc) is 2.61. The molecule has 0 fully saturated rings. The summed E-state index contributed by atoms with van der Waals surface area (Å²) in [5.41, 5.74) is 0.880. The van der Waals surface area contributed by atoms with E-state index in [9.17, 15) is 4.79 Å². The summed E-state index contributed by atoms with van der Waals surface area (Å²) in [6.07, 6.45) is 1.84. The average molecular weight is 207 g/mol. The Morgan fingerprint density at radius 1 is 1.73 bits per heavy atom. The quantitative estimate of drug-likeness (QED) is 0.616. The summed E-state index contributed by atoms with van der Waals surface area (Å²) in [6.45, 7) is 0.781. The Kier molecular flexibility index (Phi) is 4.31. The van der Waals surface area contributed by atoms with E-state index in [0.717, 1.165) is 5.69 Å². The number of hydrogen-bond acceptors (Lipinski definition) is 4. The minimum atomic E-state index is -0.188. The molecule has 6 nitrogen and oxygen atoms in total. The first kappa shape index (κ1) is 11.2. The zero-order chi connectivity index (χ0) is 11.1. The van der Waals surface area contributed by atoms with E-state index in [4.69, 9.17) is 5.26 Å². The lowest BCUT2D eigenvalue weighted by molar-refractivity contribution is -0.120. The highest BCUT2D eigenvalue weighted by Crippen LogP contribution is 1.91. The van der Waals surface area contributed by atoms with Crippen LogP contribution in [0.4, 0.5) is 0 Å². The van der Waals surface area contributed by atoms with Crippen molar-refractivity contribution in [2.75, 3.05) is 13.1 Å². The number of nitrogens with one attached hydrogen (secondary N) is 2. The second-order valence-corrected chi connectivity index (χ2v) is 3.02. The fraction of sp³-hybridized carbons (Fsp3) is 0.444. The van der Waals surface area contributed by atoms with E-state index in [0.29, 0.717) is 6.54 Å². The maximum atomic E-state index is 11.0. The van der Waals surface area contributed by atoms with Gasteiger partial charge in [0.2, 0.25) is 5.91 Å². The van der Waals surface area contributed by atoms with Crippen LogP contribution in [0.2, 0.25) is 0 Å². The summed E-state index contributed by atoms with van der Waals surface area (Å²) in [4.78, 5) is 11.0. The van der Waals surface area contributed by atoms with Gasteiger partial charge in [-0.3, -0.25) is 9.48 Å². The number of amides is 1. The van der Waals surface area contributed by atoms with Gasteiger partial charge >= 0.3 is 0 Å². The van der Waals surface area contributed by atoms with Crippen LogP contribution in [-0.4, -0.2) is 28.8 Å². The second kappa shape index (κ2) is 5.78. The molecule has 6 heteroatoms. The SMILES string of the molecule is Cn1ccc(CNCC(=O)NCC#N)n1. The van der Waals surface area contributed by atoms with Crippen LogP contribution in [0, 0.1) is 11.3 Å². The van der Waals surface area contributed by atoms with E-state index >= 15 is 0 Å². The normalized spacial score (nSPS) is 9.60. The Labute approximate surface area is 87.9 Å². The lowest BCUT2D eigenvalue weighted by atomic mass is 10.4. The van der Waals surface area contributed by atoms with E-state index in [-0.39, 0.29) is 19.0 Å². The highest BCUT2D eigenvalue weighted by Gasteiger charge is 2.00. The molecule has 1 aromatic heterocycles. The Hall–Kier alpha value is -1.87. The van der Waals surface area contributed by atoms with E-state index < -0.39 is 0 Å². The van der Waals surface area contributed by atoms with Crippen LogP contribution >= 0.6 is 0 Å². The van der Waals surface area contributed by atoms with Gasteiger partial charge in [0, 0.05) is 19.8 Å².